The maximum Gasteiger partial charge on any atom is 0.224 e. The fourth-order valence-corrected chi connectivity index (χ4v) is 1.76. The molecule has 0 atom stereocenters. The van der Waals surface area contributed by atoms with Gasteiger partial charge in [-0.25, -0.2) is 0 Å². The molecule has 5 heteroatoms. The molecule has 1 N–H and O–H groups in total. The molecule has 0 radical (unpaired) electrons. The second kappa shape index (κ2) is 8.77. The number of carbonyl (C=O) groups excluding carboxylic acids is 1. The van der Waals surface area contributed by atoms with Crippen molar-refractivity contribution in [2.75, 3.05) is 25.6 Å². The number of hydrogen-bond donors (Lipinski definition) is 1. The third-order valence-electron chi connectivity index (χ3n) is 2.53. The smallest absolute Gasteiger partial charge is 0.224 e. The number of unbranched alkanes of at least 4 members (excludes halogenated alkanes) is 1. The van der Waals surface area contributed by atoms with Gasteiger partial charge < -0.3 is 14.8 Å². The zero-order valence-electron chi connectivity index (χ0n) is 11.4. The summed E-state index contributed by atoms with van der Waals surface area (Å²) in [5.41, 5.74) is 0.602. The molecular weight excluding hydrogens is 266 g/mol. The van der Waals surface area contributed by atoms with E-state index < -0.39 is 0 Å². The molecule has 4 nitrogen and oxygen atoms in total. The first-order chi connectivity index (χ1) is 9.19. The predicted octanol–water partition coefficient (Wildman–Crippen LogP) is 3.49. The summed E-state index contributed by atoms with van der Waals surface area (Å²) < 4.78 is 10.5. The number of benzene rings is 1. The van der Waals surface area contributed by atoms with Gasteiger partial charge in [0.15, 0.2) is 5.75 Å². The Kier molecular flexibility index (Phi) is 7.30. The van der Waals surface area contributed by atoms with Gasteiger partial charge in [-0.15, -0.1) is 0 Å². The number of hydrogen-bond acceptors (Lipinski definition) is 3. The number of halogens is 1. The number of nitrogens with one attached hydrogen (secondary N) is 1. The van der Waals surface area contributed by atoms with Crippen LogP contribution in [0.1, 0.15) is 26.2 Å². The Balaban J connectivity index is 2.70. The van der Waals surface area contributed by atoms with Gasteiger partial charge >= 0.3 is 0 Å². The van der Waals surface area contributed by atoms with Crippen LogP contribution in [0.4, 0.5) is 5.69 Å². The summed E-state index contributed by atoms with van der Waals surface area (Å²) in [5.74, 6) is 0.465. The van der Waals surface area contributed by atoms with Gasteiger partial charge in [0.25, 0.3) is 0 Å². The lowest BCUT2D eigenvalue weighted by Crippen LogP contribution is -2.13. The lowest BCUT2D eigenvalue weighted by Gasteiger charge is -2.13. The van der Waals surface area contributed by atoms with Crippen molar-refractivity contribution in [3.05, 3.63) is 23.2 Å². The molecule has 0 spiro atoms. The lowest BCUT2D eigenvalue weighted by molar-refractivity contribution is -0.116. The largest absolute Gasteiger partial charge is 0.487 e. The lowest BCUT2D eigenvalue weighted by atomic mass is 10.2. The summed E-state index contributed by atoms with van der Waals surface area (Å²) >= 11 is 6.08. The molecule has 1 aromatic carbocycles. The molecule has 1 rings (SSSR count). The second-order valence-electron chi connectivity index (χ2n) is 4.11. The van der Waals surface area contributed by atoms with Gasteiger partial charge in [-0.1, -0.05) is 31.0 Å². The molecule has 1 aromatic rings. The Morgan fingerprint density at radius 1 is 1.37 bits per heavy atom. The van der Waals surface area contributed by atoms with Crippen LogP contribution in [-0.2, 0) is 9.53 Å². The highest BCUT2D eigenvalue weighted by atomic mass is 35.5. The normalized spacial score (nSPS) is 10.3. The van der Waals surface area contributed by atoms with Gasteiger partial charge in [0.2, 0.25) is 5.91 Å². The number of methoxy groups -OCH3 is 1. The molecule has 106 valence electrons. The van der Waals surface area contributed by atoms with E-state index in [4.69, 9.17) is 21.1 Å². The minimum absolute atomic E-state index is 0.0271. The van der Waals surface area contributed by atoms with Crippen LogP contribution in [0, 0.1) is 0 Å². The van der Waals surface area contributed by atoms with Crippen LogP contribution < -0.4 is 10.1 Å². The van der Waals surface area contributed by atoms with Gasteiger partial charge in [0.05, 0.1) is 17.3 Å². The minimum atomic E-state index is -0.0271. The molecule has 0 aliphatic carbocycles. The molecule has 19 heavy (non-hydrogen) atoms. The van der Waals surface area contributed by atoms with E-state index in [9.17, 15) is 4.79 Å². The molecule has 0 unspecified atom stereocenters. The first-order valence-corrected chi connectivity index (χ1v) is 6.77. The molecule has 0 aliphatic rings. The predicted molar refractivity (Wildman–Crippen MR) is 77.0 cm³/mol. The number of ether oxygens (including phenoxy) is 2. The molecule has 0 aromatic heterocycles. The number of anilines is 1. The topological polar surface area (TPSA) is 47.6 Å². The molecule has 0 aliphatic heterocycles. The summed E-state index contributed by atoms with van der Waals surface area (Å²) in [6.07, 6.45) is 2.35. The van der Waals surface area contributed by atoms with E-state index in [-0.39, 0.29) is 5.91 Å². The Hall–Kier alpha value is -1.26. The second-order valence-corrected chi connectivity index (χ2v) is 4.52. The Labute approximate surface area is 119 Å². The van der Waals surface area contributed by atoms with Crippen molar-refractivity contribution in [1.29, 1.82) is 0 Å². The van der Waals surface area contributed by atoms with Gasteiger partial charge in [0.1, 0.15) is 6.61 Å². The van der Waals surface area contributed by atoms with Gasteiger partial charge in [-0.05, 0) is 18.6 Å². The highest BCUT2D eigenvalue weighted by molar-refractivity contribution is 6.32. The van der Waals surface area contributed by atoms with Crippen molar-refractivity contribution in [3.8, 4) is 5.75 Å². The molecule has 0 bridgehead atoms. The molecule has 0 fully saturated rings. The molecule has 0 heterocycles. The van der Waals surface area contributed by atoms with Crippen LogP contribution in [0.15, 0.2) is 18.2 Å². The van der Waals surface area contributed by atoms with Crippen LogP contribution in [0.2, 0.25) is 5.02 Å². The average Bonchev–Trinajstić information content (AvgIpc) is 2.39. The van der Waals surface area contributed by atoms with Crippen LogP contribution in [-0.4, -0.2) is 26.2 Å². The van der Waals surface area contributed by atoms with E-state index >= 15 is 0 Å². The fourth-order valence-electron chi connectivity index (χ4n) is 1.53. The Morgan fingerprint density at radius 2 is 2.16 bits per heavy atom. The SMILES string of the molecule is CCCCC(=O)Nc1cccc(Cl)c1OCCOC. The minimum Gasteiger partial charge on any atom is -0.487 e. The van der Waals surface area contributed by atoms with Crippen LogP contribution >= 0.6 is 11.6 Å². The van der Waals surface area contributed by atoms with Gasteiger partial charge in [0, 0.05) is 13.5 Å². The van der Waals surface area contributed by atoms with Crippen LogP contribution in [0.25, 0.3) is 0 Å². The summed E-state index contributed by atoms with van der Waals surface area (Å²) in [6, 6.07) is 5.28. The van der Waals surface area contributed by atoms with Crippen LogP contribution in [0.5, 0.6) is 5.75 Å². The zero-order chi connectivity index (χ0) is 14.1. The third-order valence-corrected chi connectivity index (χ3v) is 2.83. The summed E-state index contributed by atoms with van der Waals surface area (Å²) in [4.78, 5) is 11.7. The quantitative estimate of drug-likeness (QED) is 0.744. The summed E-state index contributed by atoms with van der Waals surface area (Å²) in [6.45, 7) is 2.90. The van der Waals surface area contributed by atoms with E-state index in [1.165, 1.54) is 0 Å². The standard InChI is InChI=1S/C14H20ClNO3/c1-3-4-8-13(17)16-12-7-5-6-11(15)14(12)19-10-9-18-2/h5-7H,3-4,8-10H2,1-2H3,(H,16,17). The molecule has 1 amide bonds. The van der Waals surface area contributed by atoms with Gasteiger partial charge in [-0.3, -0.25) is 4.79 Å². The summed E-state index contributed by atoms with van der Waals surface area (Å²) in [7, 11) is 1.60. The average molecular weight is 286 g/mol. The fraction of sp³-hybridized carbons (Fsp3) is 0.500. The maximum absolute atomic E-state index is 11.7. The first kappa shape index (κ1) is 15.8. The van der Waals surface area contributed by atoms with E-state index in [1.807, 2.05) is 6.92 Å². The third kappa shape index (κ3) is 5.49. The van der Waals surface area contributed by atoms with Crippen molar-refractivity contribution in [2.45, 2.75) is 26.2 Å². The number of carbonyl (C=O) groups is 1. The molecule has 0 saturated heterocycles. The molecular formula is C14H20ClNO3. The van der Waals surface area contributed by atoms with Crippen molar-refractivity contribution < 1.29 is 14.3 Å². The monoisotopic (exact) mass is 285 g/mol. The van der Waals surface area contributed by atoms with E-state index in [1.54, 1.807) is 25.3 Å². The van der Waals surface area contributed by atoms with Crippen molar-refractivity contribution >= 4 is 23.2 Å². The zero-order valence-corrected chi connectivity index (χ0v) is 12.1. The van der Waals surface area contributed by atoms with Crippen LogP contribution in [0.3, 0.4) is 0 Å². The Bertz CT molecular complexity index is 410. The Morgan fingerprint density at radius 3 is 2.84 bits per heavy atom. The van der Waals surface area contributed by atoms with Gasteiger partial charge in [-0.2, -0.15) is 0 Å². The van der Waals surface area contributed by atoms with E-state index in [2.05, 4.69) is 5.32 Å². The number of rotatable bonds is 8. The summed E-state index contributed by atoms with van der Waals surface area (Å²) in [5, 5.41) is 3.30. The van der Waals surface area contributed by atoms with Crippen molar-refractivity contribution in [2.24, 2.45) is 0 Å². The van der Waals surface area contributed by atoms with E-state index in [0.717, 1.165) is 12.8 Å². The highest BCUT2D eigenvalue weighted by Gasteiger charge is 2.11. The molecule has 0 saturated carbocycles. The number of amides is 1. The first-order valence-electron chi connectivity index (χ1n) is 6.39. The van der Waals surface area contributed by atoms with Crippen molar-refractivity contribution in [3.63, 3.8) is 0 Å². The van der Waals surface area contributed by atoms with E-state index in [0.29, 0.717) is 36.1 Å². The van der Waals surface area contributed by atoms with Crippen molar-refractivity contribution in [1.82, 2.24) is 0 Å². The highest BCUT2D eigenvalue weighted by Crippen LogP contribution is 2.33. The number of para-hydroxylation sites is 1. The maximum atomic E-state index is 11.7.